The van der Waals surface area contributed by atoms with Gasteiger partial charge in [0, 0.05) is 0 Å². The van der Waals surface area contributed by atoms with E-state index in [0.29, 0.717) is 11.8 Å². The second-order valence-corrected chi connectivity index (χ2v) is 17.3. The lowest BCUT2D eigenvalue weighted by Crippen LogP contribution is -2.09. The highest BCUT2D eigenvalue weighted by atomic mass is 14.2. The van der Waals surface area contributed by atoms with E-state index in [1.54, 1.807) is 33.4 Å². The van der Waals surface area contributed by atoms with Crippen molar-refractivity contribution in [3.63, 3.8) is 0 Å². The highest BCUT2D eigenvalue weighted by Crippen LogP contribution is 2.34. The summed E-state index contributed by atoms with van der Waals surface area (Å²) in [4.78, 5) is 0. The first-order chi connectivity index (χ1) is 28.4. The van der Waals surface area contributed by atoms with E-state index in [2.05, 4.69) is 190 Å². The van der Waals surface area contributed by atoms with E-state index in [9.17, 15) is 0 Å². The first-order valence-corrected chi connectivity index (χ1v) is 26.9. The molecule has 0 heteroatoms. The van der Waals surface area contributed by atoms with Crippen LogP contribution in [-0.2, 0) is 0 Å². The second kappa shape index (κ2) is 66.8. The zero-order valence-corrected chi connectivity index (χ0v) is 48.7. The van der Waals surface area contributed by atoms with Crippen molar-refractivity contribution < 1.29 is 0 Å². The molecule has 60 heavy (non-hydrogen) atoms. The van der Waals surface area contributed by atoms with Crippen LogP contribution in [0.25, 0.3) is 0 Å². The van der Waals surface area contributed by atoms with Crippen LogP contribution in [0.3, 0.4) is 0 Å². The van der Waals surface area contributed by atoms with Gasteiger partial charge < -0.3 is 0 Å². The Balaban J connectivity index is -0.0000000737. The lowest BCUT2D eigenvalue weighted by atomic mass is 9.81. The number of allylic oxidation sites excluding steroid dienone is 10. The summed E-state index contributed by atoms with van der Waals surface area (Å²) in [6.07, 6.45) is 27.4. The molecule has 0 saturated carbocycles. The van der Waals surface area contributed by atoms with Gasteiger partial charge in [0.15, 0.2) is 0 Å². The Morgan fingerprint density at radius 2 is 0.483 bits per heavy atom. The van der Waals surface area contributed by atoms with E-state index >= 15 is 0 Å². The van der Waals surface area contributed by atoms with Crippen LogP contribution in [0.5, 0.6) is 0 Å². The Bertz CT molecular complexity index is 807. The van der Waals surface area contributed by atoms with Crippen molar-refractivity contribution in [2.45, 2.75) is 298 Å². The van der Waals surface area contributed by atoms with Gasteiger partial charge in [-0.1, -0.05) is 293 Å². The normalized spacial score (nSPS) is 13.3. The molecule has 3 aliphatic carbocycles. The molecule has 0 heterocycles. The van der Waals surface area contributed by atoms with E-state index in [1.165, 1.54) is 89.9 Å². The molecular formula is C60H128. The van der Waals surface area contributed by atoms with Crippen LogP contribution in [0.15, 0.2) is 57.7 Å². The van der Waals surface area contributed by atoms with Gasteiger partial charge >= 0.3 is 0 Å². The van der Waals surface area contributed by atoms with Gasteiger partial charge in [0.2, 0.25) is 0 Å². The fourth-order valence-corrected chi connectivity index (χ4v) is 6.04. The second-order valence-electron chi connectivity index (χ2n) is 17.3. The lowest BCUT2D eigenvalue weighted by Gasteiger charge is -2.25. The van der Waals surface area contributed by atoms with E-state index in [-0.39, 0.29) is 0 Å². The SMILES string of the molecule is CC.CC.CC.CC(C)C1=C(C(C)C)CCC=C1.CC(C)C1=C(C(C)C)CCC=C1.CC(C)C1=C(C(C)C)CCCC1.CCC.CCC.CCC.CCC.CCC.CCC. The zero-order chi connectivity index (χ0) is 49.7. The predicted octanol–water partition coefficient (Wildman–Crippen LogP) is 23.6. The summed E-state index contributed by atoms with van der Waals surface area (Å²) >= 11 is 0. The molecule has 3 aliphatic rings. The molecule has 0 fully saturated rings. The molecule has 0 nitrogen and oxygen atoms in total. The van der Waals surface area contributed by atoms with Crippen molar-refractivity contribution in [3.05, 3.63) is 57.7 Å². The molecule has 0 spiro atoms. The first-order valence-electron chi connectivity index (χ1n) is 26.9. The molecule has 0 radical (unpaired) electrons. The fraction of sp³-hybridized carbons (Fsp3) is 0.833. The van der Waals surface area contributed by atoms with Gasteiger partial charge in [-0.2, -0.15) is 0 Å². The van der Waals surface area contributed by atoms with Crippen LogP contribution >= 0.6 is 0 Å². The average molecular weight is 850 g/mol. The van der Waals surface area contributed by atoms with Gasteiger partial charge in [0.05, 0.1) is 0 Å². The van der Waals surface area contributed by atoms with Gasteiger partial charge in [-0.3, -0.25) is 0 Å². The molecule has 0 N–H and O–H groups in total. The van der Waals surface area contributed by atoms with Gasteiger partial charge in [0.25, 0.3) is 0 Å². The molecule has 368 valence electrons. The van der Waals surface area contributed by atoms with Gasteiger partial charge in [-0.25, -0.2) is 0 Å². The Morgan fingerprint density at radius 1 is 0.300 bits per heavy atom. The molecule has 3 rings (SSSR count). The van der Waals surface area contributed by atoms with Crippen LogP contribution in [0.2, 0.25) is 0 Å². The third kappa shape index (κ3) is 56.7. The summed E-state index contributed by atoms with van der Waals surface area (Å²) in [6, 6.07) is 0. The highest BCUT2D eigenvalue weighted by Gasteiger charge is 2.17. The number of hydrogen-bond donors (Lipinski definition) is 0. The summed E-state index contributed by atoms with van der Waals surface area (Å²) in [5, 5.41) is 0. The number of hydrogen-bond acceptors (Lipinski definition) is 0. The molecule has 0 atom stereocenters. The topological polar surface area (TPSA) is 0 Å². The van der Waals surface area contributed by atoms with Crippen LogP contribution in [0.4, 0.5) is 0 Å². The first kappa shape index (κ1) is 79.1. The molecule has 0 aromatic rings. The van der Waals surface area contributed by atoms with Crippen molar-refractivity contribution in [3.8, 4) is 0 Å². The third-order valence-electron chi connectivity index (χ3n) is 8.08. The Hall–Kier alpha value is -1.30. The zero-order valence-electron chi connectivity index (χ0n) is 48.7. The number of rotatable bonds is 6. The molecular weight excluding hydrogens is 721 g/mol. The van der Waals surface area contributed by atoms with Gasteiger partial charge in [0.1, 0.15) is 0 Å². The fourth-order valence-electron chi connectivity index (χ4n) is 6.04. The Labute approximate surface area is 389 Å². The summed E-state index contributed by atoms with van der Waals surface area (Å²) in [5.41, 5.74) is 10.0. The predicted molar refractivity (Wildman–Crippen MR) is 295 cm³/mol. The molecule has 0 aromatic carbocycles. The van der Waals surface area contributed by atoms with Crippen LogP contribution < -0.4 is 0 Å². The van der Waals surface area contributed by atoms with Crippen molar-refractivity contribution >= 4 is 0 Å². The van der Waals surface area contributed by atoms with Crippen LogP contribution in [-0.4, -0.2) is 0 Å². The van der Waals surface area contributed by atoms with Crippen LogP contribution in [0, 0.1) is 35.5 Å². The summed E-state index contributed by atoms with van der Waals surface area (Å²) in [7, 11) is 0. The molecule has 0 aromatic heterocycles. The minimum atomic E-state index is 0.693. The van der Waals surface area contributed by atoms with Crippen LogP contribution in [0.1, 0.15) is 298 Å². The largest absolute Gasteiger partial charge is 0.0839 e. The minimum absolute atomic E-state index is 0.693. The average Bonchev–Trinajstić information content (AvgIpc) is 3.22. The summed E-state index contributed by atoms with van der Waals surface area (Å²) < 4.78 is 0. The smallest absolute Gasteiger partial charge is 0.0219 e. The maximum absolute atomic E-state index is 2.34. The maximum atomic E-state index is 2.34. The monoisotopic (exact) mass is 849 g/mol. The lowest BCUT2D eigenvalue weighted by molar-refractivity contribution is 0.549. The van der Waals surface area contributed by atoms with Crippen molar-refractivity contribution in [2.24, 2.45) is 35.5 Å². The molecule has 0 aliphatic heterocycles. The highest BCUT2D eigenvalue weighted by molar-refractivity contribution is 5.32. The maximum Gasteiger partial charge on any atom is -0.0219 e. The summed E-state index contributed by atoms with van der Waals surface area (Å²) in [6.45, 7) is 65.2. The van der Waals surface area contributed by atoms with E-state index in [1.807, 2.05) is 41.5 Å². The van der Waals surface area contributed by atoms with Gasteiger partial charge in [-0.05, 0) is 98.0 Å². The van der Waals surface area contributed by atoms with E-state index < -0.39 is 0 Å². The van der Waals surface area contributed by atoms with Crippen molar-refractivity contribution in [1.82, 2.24) is 0 Å². The standard InChI is InChI=1S/C12H22.2C12H20.6C3H8.3C2H6/c3*1-9(2)11-7-5-6-8-12(11)10(3)4;6*1-3-2;3*1-2/h9-10H,5-8H2,1-4H3;2*5,7,9-10H,6,8H2,1-4H3;6*3H2,1-2H3;3*1-2H3. The summed E-state index contributed by atoms with van der Waals surface area (Å²) in [5.74, 6) is 4.41. The van der Waals surface area contributed by atoms with Crippen molar-refractivity contribution in [1.29, 1.82) is 0 Å². The van der Waals surface area contributed by atoms with E-state index in [0.717, 1.165) is 23.7 Å². The minimum Gasteiger partial charge on any atom is -0.0839 e. The van der Waals surface area contributed by atoms with E-state index in [4.69, 9.17) is 0 Å². The van der Waals surface area contributed by atoms with Crippen molar-refractivity contribution in [2.75, 3.05) is 0 Å². The molecule has 0 amide bonds. The third-order valence-corrected chi connectivity index (χ3v) is 8.08. The quantitative estimate of drug-likeness (QED) is 0.234. The molecule has 0 bridgehead atoms. The molecule has 0 saturated heterocycles. The Morgan fingerprint density at radius 3 is 0.617 bits per heavy atom. The molecule has 0 unspecified atom stereocenters. The Kier molecular flexibility index (Phi) is 88.1. The van der Waals surface area contributed by atoms with Gasteiger partial charge in [-0.15, -0.1) is 0 Å².